The lowest BCUT2D eigenvalue weighted by Gasteiger charge is -2.12. The molecule has 1 aliphatic heterocycles. The van der Waals surface area contributed by atoms with Crippen LogP contribution in [0.2, 0.25) is 0 Å². The molecule has 2 heterocycles. The monoisotopic (exact) mass is 470 g/mol. The Kier molecular flexibility index (Phi) is 5.84. The van der Waals surface area contributed by atoms with Crippen molar-refractivity contribution in [1.82, 2.24) is 15.1 Å². The molecule has 0 spiro atoms. The summed E-state index contributed by atoms with van der Waals surface area (Å²) in [5, 5.41) is 11.8. The van der Waals surface area contributed by atoms with Gasteiger partial charge in [-0.1, -0.05) is 47.7 Å². The van der Waals surface area contributed by atoms with Gasteiger partial charge in [-0.3, -0.25) is 24.6 Å². The molecule has 0 saturated carbocycles. The normalized spacial score (nSPS) is 12.5. The van der Waals surface area contributed by atoms with Crippen LogP contribution >= 0.6 is 11.3 Å². The Morgan fingerprint density at radius 2 is 1.53 bits per heavy atom. The third kappa shape index (κ3) is 4.41. The Balaban J connectivity index is 1.20. The molecule has 34 heavy (non-hydrogen) atoms. The predicted octanol–water partition coefficient (Wildman–Crippen LogP) is 4.42. The second-order valence-corrected chi connectivity index (χ2v) is 8.52. The molecule has 0 unspecified atom stereocenters. The van der Waals surface area contributed by atoms with Crippen molar-refractivity contribution in [3.63, 3.8) is 0 Å². The topological polar surface area (TPSA) is 101 Å². The number of ether oxygens (including phenoxy) is 1. The number of nitrogens with zero attached hydrogens (tertiary/aromatic N) is 3. The van der Waals surface area contributed by atoms with Crippen molar-refractivity contribution in [1.29, 1.82) is 0 Å². The Bertz CT molecular complexity index is 1350. The van der Waals surface area contributed by atoms with Gasteiger partial charge in [0.2, 0.25) is 5.13 Å². The number of rotatable bonds is 7. The first-order chi connectivity index (χ1) is 16.6. The van der Waals surface area contributed by atoms with E-state index in [9.17, 15) is 14.4 Å². The van der Waals surface area contributed by atoms with Crippen molar-refractivity contribution in [2.24, 2.45) is 0 Å². The van der Waals surface area contributed by atoms with Crippen LogP contribution in [0.25, 0.3) is 0 Å². The van der Waals surface area contributed by atoms with Crippen LogP contribution in [-0.2, 0) is 6.42 Å². The van der Waals surface area contributed by atoms with Gasteiger partial charge in [-0.2, -0.15) is 0 Å². The van der Waals surface area contributed by atoms with Crippen LogP contribution in [0.1, 0.15) is 36.1 Å². The van der Waals surface area contributed by atoms with Crippen molar-refractivity contribution in [2.75, 3.05) is 11.9 Å². The highest BCUT2D eigenvalue weighted by Crippen LogP contribution is 2.25. The molecule has 8 nitrogen and oxygen atoms in total. The largest absolute Gasteiger partial charge is 0.457 e. The number of hydrogen-bond donors (Lipinski definition) is 1. The van der Waals surface area contributed by atoms with E-state index < -0.39 is 0 Å². The summed E-state index contributed by atoms with van der Waals surface area (Å²) in [4.78, 5) is 38.9. The molecule has 168 valence electrons. The molecule has 3 aromatic carbocycles. The van der Waals surface area contributed by atoms with Gasteiger partial charge in [0, 0.05) is 18.5 Å². The van der Waals surface area contributed by atoms with Gasteiger partial charge in [-0.25, -0.2) is 0 Å². The van der Waals surface area contributed by atoms with Gasteiger partial charge in [0.15, 0.2) is 0 Å². The van der Waals surface area contributed by atoms with E-state index in [0.717, 1.165) is 0 Å². The van der Waals surface area contributed by atoms with Gasteiger partial charge < -0.3 is 4.74 Å². The first kappa shape index (κ1) is 21.5. The zero-order valence-corrected chi connectivity index (χ0v) is 18.6. The maximum absolute atomic E-state index is 12.7. The van der Waals surface area contributed by atoms with Crippen LogP contribution in [0.4, 0.5) is 5.13 Å². The van der Waals surface area contributed by atoms with E-state index in [1.807, 2.05) is 30.3 Å². The van der Waals surface area contributed by atoms with Crippen LogP contribution in [0.3, 0.4) is 0 Å². The Morgan fingerprint density at radius 1 is 0.853 bits per heavy atom. The SMILES string of the molecule is O=C(Nc1nnc(CCN2C(=O)c3ccccc3C2=O)s1)c1cccc(Oc2ccccc2)c1. The zero-order valence-electron chi connectivity index (χ0n) is 17.8. The van der Waals surface area contributed by atoms with Crippen LogP contribution < -0.4 is 10.1 Å². The fourth-order valence-corrected chi connectivity index (χ4v) is 4.27. The average molecular weight is 471 g/mol. The van der Waals surface area contributed by atoms with Gasteiger partial charge in [-0.15, -0.1) is 10.2 Å². The van der Waals surface area contributed by atoms with E-state index >= 15 is 0 Å². The molecule has 3 amide bonds. The number of nitrogens with one attached hydrogen (secondary N) is 1. The second kappa shape index (κ2) is 9.24. The molecule has 9 heteroatoms. The van der Waals surface area contributed by atoms with Gasteiger partial charge in [-0.05, 0) is 42.5 Å². The highest BCUT2D eigenvalue weighted by Gasteiger charge is 2.34. The number of anilines is 1. The molecule has 0 bridgehead atoms. The standard InChI is InChI=1S/C25H18N4O4S/c30-22(16-7-6-10-18(15-16)33-17-8-2-1-3-9-17)26-25-28-27-21(34-25)13-14-29-23(31)19-11-4-5-12-20(19)24(29)32/h1-12,15H,13-14H2,(H,26,28,30). The minimum absolute atomic E-state index is 0.188. The van der Waals surface area contributed by atoms with Crippen molar-refractivity contribution >= 4 is 34.2 Å². The summed E-state index contributed by atoms with van der Waals surface area (Å²) in [5.41, 5.74) is 1.24. The molecule has 5 rings (SSSR count). The van der Waals surface area contributed by atoms with E-state index in [2.05, 4.69) is 15.5 Å². The lowest BCUT2D eigenvalue weighted by atomic mass is 10.1. The molecule has 0 aliphatic carbocycles. The van der Waals surface area contributed by atoms with E-state index in [1.165, 1.54) is 16.2 Å². The molecule has 0 saturated heterocycles. The van der Waals surface area contributed by atoms with E-state index in [-0.39, 0.29) is 24.3 Å². The van der Waals surface area contributed by atoms with E-state index in [0.29, 0.717) is 44.7 Å². The van der Waals surface area contributed by atoms with E-state index in [1.54, 1.807) is 48.5 Å². The minimum atomic E-state index is -0.346. The quantitative estimate of drug-likeness (QED) is 0.401. The Morgan fingerprint density at radius 3 is 2.26 bits per heavy atom. The lowest BCUT2D eigenvalue weighted by molar-refractivity contribution is 0.0655. The molecule has 0 fully saturated rings. The van der Waals surface area contributed by atoms with Crippen LogP contribution in [-0.4, -0.2) is 39.4 Å². The predicted molar refractivity (Wildman–Crippen MR) is 126 cm³/mol. The van der Waals surface area contributed by atoms with Gasteiger partial charge >= 0.3 is 0 Å². The summed E-state index contributed by atoms with van der Waals surface area (Å²) in [6, 6.07) is 22.9. The summed E-state index contributed by atoms with van der Waals surface area (Å²) < 4.78 is 5.78. The number of carbonyl (C=O) groups is 3. The smallest absolute Gasteiger partial charge is 0.261 e. The van der Waals surface area contributed by atoms with Crippen LogP contribution in [0.5, 0.6) is 11.5 Å². The zero-order chi connectivity index (χ0) is 23.5. The first-order valence-electron chi connectivity index (χ1n) is 10.5. The number of aromatic nitrogens is 2. The van der Waals surface area contributed by atoms with Gasteiger partial charge in [0.25, 0.3) is 17.7 Å². The van der Waals surface area contributed by atoms with Gasteiger partial charge in [0.1, 0.15) is 16.5 Å². The second-order valence-electron chi connectivity index (χ2n) is 7.46. The molecular formula is C25H18N4O4S. The summed E-state index contributed by atoms with van der Waals surface area (Å²) in [7, 11) is 0. The number of para-hydroxylation sites is 1. The highest BCUT2D eigenvalue weighted by atomic mass is 32.1. The average Bonchev–Trinajstić information content (AvgIpc) is 3.40. The molecule has 1 aromatic heterocycles. The van der Waals surface area contributed by atoms with E-state index in [4.69, 9.17) is 4.74 Å². The molecule has 1 aliphatic rings. The molecule has 4 aromatic rings. The Hall–Kier alpha value is -4.37. The summed E-state index contributed by atoms with van der Waals surface area (Å²) in [5.74, 6) is 0.249. The van der Waals surface area contributed by atoms with Gasteiger partial charge in [0.05, 0.1) is 11.1 Å². The number of amides is 3. The number of carbonyl (C=O) groups excluding carboxylic acids is 3. The number of imide groups is 1. The highest BCUT2D eigenvalue weighted by molar-refractivity contribution is 7.15. The first-order valence-corrected chi connectivity index (χ1v) is 11.3. The summed E-state index contributed by atoms with van der Waals surface area (Å²) in [6.07, 6.45) is 0.347. The van der Waals surface area contributed by atoms with Crippen molar-refractivity contribution < 1.29 is 19.1 Å². The number of fused-ring (bicyclic) bond motifs is 1. The van der Waals surface area contributed by atoms with Crippen molar-refractivity contribution in [3.8, 4) is 11.5 Å². The minimum Gasteiger partial charge on any atom is -0.457 e. The Labute approximate surface area is 198 Å². The maximum Gasteiger partial charge on any atom is 0.261 e. The fourth-order valence-electron chi connectivity index (χ4n) is 3.55. The molecular weight excluding hydrogens is 452 g/mol. The van der Waals surface area contributed by atoms with Crippen molar-refractivity contribution in [3.05, 3.63) is 101 Å². The number of benzene rings is 3. The fraction of sp³-hybridized carbons (Fsp3) is 0.0800. The van der Waals surface area contributed by atoms with Crippen molar-refractivity contribution in [2.45, 2.75) is 6.42 Å². The molecule has 0 atom stereocenters. The maximum atomic E-state index is 12.7. The summed E-state index contributed by atoms with van der Waals surface area (Å²) in [6.45, 7) is 0.188. The third-order valence-corrected chi connectivity index (χ3v) is 6.09. The molecule has 0 radical (unpaired) electrons. The number of hydrogen-bond acceptors (Lipinski definition) is 7. The third-order valence-electron chi connectivity index (χ3n) is 5.19. The van der Waals surface area contributed by atoms with Crippen LogP contribution in [0, 0.1) is 0 Å². The lowest BCUT2D eigenvalue weighted by Crippen LogP contribution is -2.31. The summed E-state index contributed by atoms with van der Waals surface area (Å²) >= 11 is 1.20. The van der Waals surface area contributed by atoms with Crippen LogP contribution in [0.15, 0.2) is 78.9 Å². The molecule has 1 N–H and O–H groups in total.